The summed E-state index contributed by atoms with van der Waals surface area (Å²) in [7, 11) is 2.14. The number of ketones is 1. The van der Waals surface area contributed by atoms with Crippen molar-refractivity contribution in [1.82, 2.24) is 4.90 Å². The zero-order valence-corrected chi connectivity index (χ0v) is 12.6. The molecule has 0 bridgehead atoms. The Hall–Kier alpha value is -1.93. The van der Waals surface area contributed by atoms with Gasteiger partial charge < -0.3 is 0 Å². The standard InChI is InChI=1S/C19H21NO/c1-14-18(21)13-17(15-9-5-3-6-10-15)20(2)19(14)16-11-7-4-8-12-16/h3-12,14,17,19H,13H2,1-2H3/t14-,17-,19-/m0/s1. The van der Waals surface area contributed by atoms with Gasteiger partial charge >= 0.3 is 0 Å². The number of hydrogen-bond donors (Lipinski definition) is 0. The van der Waals surface area contributed by atoms with Crippen molar-refractivity contribution in [3.8, 4) is 0 Å². The number of likely N-dealkylation sites (tertiary alicyclic amines) is 1. The highest BCUT2D eigenvalue weighted by atomic mass is 16.1. The Morgan fingerprint density at radius 2 is 1.43 bits per heavy atom. The van der Waals surface area contributed by atoms with Gasteiger partial charge in [-0.05, 0) is 18.2 Å². The fourth-order valence-electron chi connectivity index (χ4n) is 3.45. The third-order valence-electron chi connectivity index (χ3n) is 4.63. The van der Waals surface area contributed by atoms with Gasteiger partial charge in [0.25, 0.3) is 0 Å². The van der Waals surface area contributed by atoms with Crippen LogP contribution < -0.4 is 0 Å². The molecular formula is C19H21NO. The Balaban J connectivity index is 1.98. The molecule has 108 valence electrons. The van der Waals surface area contributed by atoms with Gasteiger partial charge in [0.05, 0.1) is 0 Å². The van der Waals surface area contributed by atoms with E-state index in [4.69, 9.17) is 0 Å². The normalized spacial score (nSPS) is 26.8. The Morgan fingerprint density at radius 3 is 2.00 bits per heavy atom. The third-order valence-corrected chi connectivity index (χ3v) is 4.63. The first kappa shape index (κ1) is 14.0. The highest BCUT2D eigenvalue weighted by Crippen LogP contribution is 2.41. The summed E-state index contributed by atoms with van der Waals surface area (Å²) < 4.78 is 0. The van der Waals surface area contributed by atoms with Gasteiger partial charge in [-0.1, -0.05) is 67.6 Å². The summed E-state index contributed by atoms with van der Waals surface area (Å²) in [5.41, 5.74) is 2.45. The topological polar surface area (TPSA) is 20.3 Å². The molecule has 1 fully saturated rings. The van der Waals surface area contributed by atoms with Gasteiger partial charge in [0.15, 0.2) is 0 Å². The molecular weight excluding hydrogens is 258 g/mol. The molecule has 2 aromatic rings. The molecule has 0 spiro atoms. The molecule has 3 rings (SSSR count). The van der Waals surface area contributed by atoms with Crippen LogP contribution in [0.25, 0.3) is 0 Å². The Bertz CT molecular complexity index is 608. The van der Waals surface area contributed by atoms with Crippen molar-refractivity contribution in [1.29, 1.82) is 0 Å². The van der Waals surface area contributed by atoms with E-state index < -0.39 is 0 Å². The Kier molecular flexibility index (Phi) is 3.89. The van der Waals surface area contributed by atoms with Crippen LogP contribution in [0.5, 0.6) is 0 Å². The molecule has 0 amide bonds. The summed E-state index contributed by atoms with van der Waals surface area (Å²) in [6.45, 7) is 2.05. The van der Waals surface area contributed by atoms with Gasteiger partial charge in [0.2, 0.25) is 0 Å². The third kappa shape index (κ3) is 2.64. The lowest BCUT2D eigenvalue weighted by Gasteiger charge is -2.43. The number of benzene rings is 2. The minimum Gasteiger partial charge on any atom is -0.299 e. The number of carbonyl (C=O) groups excluding carboxylic acids is 1. The molecule has 2 aromatic carbocycles. The zero-order valence-electron chi connectivity index (χ0n) is 12.6. The molecule has 1 aliphatic heterocycles. The average Bonchev–Trinajstić information content (AvgIpc) is 2.53. The quantitative estimate of drug-likeness (QED) is 0.828. The highest BCUT2D eigenvalue weighted by Gasteiger charge is 2.39. The molecule has 1 heterocycles. The van der Waals surface area contributed by atoms with Gasteiger partial charge in [-0.15, -0.1) is 0 Å². The van der Waals surface area contributed by atoms with E-state index in [0.717, 1.165) is 0 Å². The van der Waals surface area contributed by atoms with Crippen LogP contribution >= 0.6 is 0 Å². The average molecular weight is 279 g/mol. The summed E-state index contributed by atoms with van der Waals surface area (Å²) in [5, 5.41) is 0. The summed E-state index contributed by atoms with van der Waals surface area (Å²) in [6, 6.07) is 21.0. The minimum atomic E-state index is 0.0392. The molecule has 1 saturated heterocycles. The van der Waals surface area contributed by atoms with Crippen molar-refractivity contribution in [3.05, 3.63) is 71.8 Å². The predicted octanol–water partition coefficient (Wildman–Crippen LogP) is 4.01. The van der Waals surface area contributed by atoms with Crippen molar-refractivity contribution in [2.75, 3.05) is 7.05 Å². The largest absolute Gasteiger partial charge is 0.299 e. The maximum atomic E-state index is 12.5. The minimum absolute atomic E-state index is 0.0392. The first-order chi connectivity index (χ1) is 10.2. The Morgan fingerprint density at radius 1 is 0.905 bits per heavy atom. The number of carbonyl (C=O) groups is 1. The molecule has 0 radical (unpaired) electrons. The van der Waals surface area contributed by atoms with E-state index in [2.05, 4.69) is 43.1 Å². The van der Waals surface area contributed by atoms with Crippen molar-refractivity contribution in [3.63, 3.8) is 0 Å². The number of rotatable bonds is 2. The summed E-state index contributed by atoms with van der Waals surface area (Å²) in [6.07, 6.45) is 0.602. The van der Waals surface area contributed by atoms with Crippen LogP contribution in [0.15, 0.2) is 60.7 Å². The van der Waals surface area contributed by atoms with E-state index in [1.165, 1.54) is 11.1 Å². The maximum absolute atomic E-state index is 12.5. The fraction of sp³-hybridized carbons (Fsp3) is 0.316. The molecule has 21 heavy (non-hydrogen) atoms. The van der Waals surface area contributed by atoms with Crippen molar-refractivity contribution < 1.29 is 4.79 Å². The van der Waals surface area contributed by atoms with Crippen LogP contribution in [0.3, 0.4) is 0 Å². The molecule has 3 atom stereocenters. The van der Waals surface area contributed by atoms with Crippen molar-refractivity contribution in [2.24, 2.45) is 5.92 Å². The molecule has 0 N–H and O–H groups in total. The number of nitrogens with zero attached hydrogens (tertiary/aromatic N) is 1. The van der Waals surface area contributed by atoms with E-state index in [1.807, 2.05) is 36.4 Å². The number of Topliss-reactive ketones (excluding diaryl/α,β-unsaturated/α-hetero) is 1. The van der Waals surface area contributed by atoms with Crippen LogP contribution in [-0.2, 0) is 4.79 Å². The molecule has 0 aromatic heterocycles. The molecule has 0 saturated carbocycles. The van der Waals surface area contributed by atoms with Gasteiger partial charge in [-0.25, -0.2) is 0 Å². The van der Waals surface area contributed by atoms with E-state index in [0.29, 0.717) is 12.2 Å². The second kappa shape index (κ2) is 5.82. The van der Waals surface area contributed by atoms with E-state index in [9.17, 15) is 4.79 Å². The first-order valence-electron chi connectivity index (χ1n) is 7.53. The summed E-state index contributed by atoms with van der Waals surface area (Å²) in [4.78, 5) is 14.8. The number of piperidine rings is 1. The zero-order chi connectivity index (χ0) is 14.8. The predicted molar refractivity (Wildman–Crippen MR) is 84.9 cm³/mol. The van der Waals surface area contributed by atoms with E-state index in [-0.39, 0.29) is 18.0 Å². The molecule has 2 nitrogen and oxygen atoms in total. The smallest absolute Gasteiger partial charge is 0.139 e. The van der Waals surface area contributed by atoms with Gasteiger partial charge in [-0.3, -0.25) is 9.69 Å². The molecule has 2 heteroatoms. The van der Waals surface area contributed by atoms with Gasteiger partial charge in [0, 0.05) is 24.4 Å². The monoisotopic (exact) mass is 279 g/mol. The maximum Gasteiger partial charge on any atom is 0.139 e. The van der Waals surface area contributed by atoms with Crippen molar-refractivity contribution in [2.45, 2.75) is 25.4 Å². The van der Waals surface area contributed by atoms with E-state index >= 15 is 0 Å². The van der Waals surface area contributed by atoms with Crippen LogP contribution in [0, 0.1) is 5.92 Å². The second-order valence-electron chi connectivity index (χ2n) is 5.91. The van der Waals surface area contributed by atoms with Crippen LogP contribution in [0.1, 0.15) is 36.6 Å². The van der Waals surface area contributed by atoms with Crippen LogP contribution in [0.2, 0.25) is 0 Å². The second-order valence-corrected chi connectivity index (χ2v) is 5.91. The molecule has 0 unspecified atom stereocenters. The molecule has 1 aliphatic rings. The lowest BCUT2D eigenvalue weighted by atomic mass is 9.80. The fourth-order valence-corrected chi connectivity index (χ4v) is 3.45. The van der Waals surface area contributed by atoms with Crippen LogP contribution in [0.4, 0.5) is 0 Å². The molecule has 0 aliphatic carbocycles. The van der Waals surface area contributed by atoms with E-state index in [1.54, 1.807) is 0 Å². The number of hydrogen-bond acceptors (Lipinski definition) is 2. The SMILES string of the molecule is C[C@H]1C(=O)C[C@@H](c2ccccc2)N(C)[C@@H]1c1ccccc1. The lowest BCUT2D eigenvalue weighted by molar-refractivity contribution is -0.130. The van der Waals surface area contributed by atoms with Gasteiger partial charge in [-0.2, -0.15) is 0 Å². The Labute approximate surface area is 126 Å². The first-order valence-corrected chi connectivity index (χ1v) is 7.53. The van der Waals surface area contributed by atoms with Crippen molar-refractivity contribution >= 4 is 5.78 Å². The highest BCUT2D eigenvalue weighted by molar-refractivity contribution is 5.83. The lowest BCUT2D eigenvalue weighted by Crippen LogP contribution is -2.42. The summed E-state index contributed by atoms with van der Waals surface area (Å²) in [5.74, 6) is 0.396. The van der Waals surface area contributed by atoms with Crippen LogP contribution in [-0.4, -0.2) is 17.7 Å². The van der Waals surface area contributed by atoms with Gasteiger partial charge in [0.1, 0.15) is 5.78 Å². The summed E-state index contributed by atoms with van der Waals surface area (Å²) >= 11 is 0.